The molecule has 0 radical (unpaired) electrons. The third-order valence-electron chi connectivity index (χ3n) is 6.75. The molecule has 1 N–H and O–H groups in total. The van der Waals surface area contributed by atoms with Gasteiger partial charge in [0.15, 0.2) is 0 Å². The third kappa shape index (κ3) is 4.41. The zero-order valence-electron chi connectivity index (χ0n) is 18.6. The predicted molar refractivity (Wildman–Crippen MR) is 129 cm³/mol. The van der Waals surface area contributed by atoms with Crippen molar-refractivity contribution in [3.63, 3.8) is 0 Å². The SMILES string of the molecule is CC1(C)COP(=O)(c2ccc(C(CC3CCCC3)c3cc4cccnc4[nH]3)cc2Cl)OC1. The molecule has 5 rings (SSSR count). The highest BCUT2D eigenvalue weighted by Gasteiger charge is 2.39. The van der Waals surface area contributed by atoms with Gasteiger partial charge in [-0.3, -0.25) is 4.57 Å². The van der Waals surface area contributed by atoms with Gasteiger partial charge in [-0.15, -0.1) is 0 Å². The van der Waals surface area contributed by atoms with Crippen molar-refractivity contribution < 1.29 is 13.6 Å². The van der Waals surface area contributed by atoms with E-state index in [-0.39, 0.29) is 11.3 Å². The normalized spacial score (nSPS) is 21.7. The van der Waals surface area contributed by atoms with E-state index < -0.39 is 7.60 Å². The summed E-state index contributed by atoms with van der Waals surface area (Å²) in [4.78, 5) is 8.00. The summed E-state index contributed by atoms with van der Waals surface area (Å²) >= 11 is 6.70. The minimum atomic E-state index is -3.41. The van der Waals surface area contributed by atoms with E-state index in [1.54, 1.807) is 0 Å². The lowest BCUT2D eigenvalue weighted by atomic mass is 9.85. The first kappa shape index (κ1) is 22.2. The fourth-order valence-corrected chi connectivity index (χ4v) is 7.36. The molecule has 3 aromatic rings. The molecule has 5 nitrogen and oxygen atoms in total. The first-order chi connectivity index (χ1) is 15.3. The molecule has 1 aromatic carbocycles. The summed E-state index contributed by atoms with van der Waals surface area (Å²) < 4.78 is 24.8. The lowest BCUT2D eigenvalue weighted by molar-refractivity contribution is 0.0463. The smallest absolute Gasteiger partial charge is 0.343 e. The zero-order chi connectivity index (χ0) is 22.3. The predicted octanol–water partition coefficient (Wildman–Crippen LogP) is 6.82. The topological polar surface area (TPSA) is 64.2 Å². The maximum atomic E-state index is 13.3. The monoisotopic (exact) mass is 472 g/mol. The number of nitrogens with zero attached hydrogens (tertiary/aromatic N) is 1. The van der Waals surface area contributed by atoms with Crippen LogP contribution in [0.2, 0.25) is 5.02 Å². The van der Waals surface area contributed by atoms with Crippen molar-refractivity contribution in [1.29, 1.82) is 0 Å². The Bertz CT molecular complexity index is 1120. The van der Waals surface area contributed by atoms with E-state index in [0.717, 1.165) is 28.7 Å². The van der Waals surface area contributed by atoms with Crippen LogP contribution in [0.25, 0.3) is 11.0 Å². The summed E-state index contributed by atoms with van der Waals surface area (Å²) in [5.74, 6) is 0.871. The number of halogens is 1. The fourth-order valence-electron chi connectivity index (χ4n) is 4.89. The Balaban J connectivity index is 1.48. The molecule has 0 amide bonds. The number of fused-ring (bicyclic) bond motifs is 1. The van der Waals surface area contributed by atoms with Gasteiger partial charge in [0.2, 0.25) is 0 Å². The van der Waals surface area contributed by atoms with E-state index >= 15 is 0 Å². The van der Waals surface area contributed by atoms with Gasteiger partial charge in [0.1, 0.15) is 5.65 Å². The average Bonchev–Trinajstić information content (AvgIpc) is 3.43. The van der Waals surface area contributed by atoms with Gasteiger partial charge in [-0.25, -0.2) is 4.98 Å². The van der Waals surface area contributed by atoms with E-state index in [1.807, 2.05) is 44.3 Å². The fraction of sp³-hybridized carbons (Fsp3) is 0.480. The van der Waals surface area contributed by atoms with Gasteiger partial charge in [-0.1, -0.05) is 57.2 Å². The van der Waals surface area contributed by atoms with Crippen molar-refractivity contribution in [3.05, 3.63) is 58.9 Å². The van der Waals surface area contributed by atoms with Gasteiger partial charge in [0, 0.05) is 28.6 Å². The van der Waals surface area contributed by atoms with Crippen LogP contribution in [-0.4, -0.2) is 23.2 Å². The molecule has 2 aromatic heterocycles. The molecule has 2 aliphatic rings. The van der Waals surface area contributed by atoms with Gasteiger partial charge in [-0.05, 0) is 48.2 Å². The second-order valence-electron chi connectivity index (χ2n) is 10.0. The van der Waals surface area contributed by atoms with Crippen LogP contribution in [-0.2, 0) is 13.6 Å². The highest BCUT2D eigenvalue weighted by Crippen LogP contribution is 2.54. The van der Waals surface area contributed by atoms with Crippen LogP contribution in [0.3, 0.4) is 0 Å². The molecule has 7 heteroatoms. The maximum absolute atomic E-state index is 13.3. The number of aromatic nitrogens is 2. The molecule has 1 unspecified atom stereocenters. The molecule has 1 saturated heterocycles. The number of nitrogens with one attached hydrogen (secondary N) is 1. The quantitative estimate of drug-likeness (QED) is 0.414. The summed E-state index contributed by atoms with van der Waals surface area (Å²) in [5.41, 5.74) is 3.00. The molecular weight excluding hydrogens is 443 g/mol. The number of hydrogen-bond acceptors (Lipinski definition) is 4. The van der Waals surface area contributed by atoms with E-state index in [1.165, 1.54) is 25.7 Å². The minimum absolute atomic E-state index is 0.156. The summed E-state index contributed by atoms with van der Waals surface area (Å²) in [5, 5.41) is 2.00. The van der Waals surface area contributed by atoms with Gasteiger partial charge in [0.25, 0.3) is 0 Å². The van der Waals surface area contributed by atoms with E-state index in [9.17, 15) is 4.57 Å². The first-order valence-corrected chi connectivity index (χ1v) is 13.4. The standard InChI is InChI=1S/C25H30ClN2O3P/c1-25(2)15-30-32(29,31-16-25)23-10-9-18(13-21(23)26)20(12-17-6-3-4-7-17)22-14-19-8-5-11-27-24(19)28-22/h5,8-11,13-14,17,20H,3-4,6-7,12,15-16H2,1-2H3,(H,27,28). The Hall–Kier alpha value is -1.65. The molecule has 1 atom stereocenters. The van der Waals surface area contributed by atoms with Crippen LogP contribution in [0.1, 0.15) is 63.1 Å². The molecule has 170 valence electrons. The van der Waals surface area contributed by atoms with Crippen molar-refractivity contribution in [2.45, 2.75) is 51.9 Å². The molecule has 3 heterocycles. The lowest BCUT2D eigenvalue weighted by Gasteiger charge is -2.34. The Morgan fingerprint density at radius 2 is 1.94 bits per heavy atom. The Labute approximate surface area is 194 Å². The summed E-state index contributed by atoms with van der Waals surface area (Å²) in [6, 6.07) is 12.0. The molecule has 1 saturated carbocycles. The number of pyridine rings is 1. The van der Waals surface area contributed by atoms with Gasteiger partial charge in [-0.2, -0.15) is 0 Å². The van der Waals surface area contributed by atoms with Crippen molar-refractivity contribution >= 4 is 35.5 Å². The van der Waals surface area contributed by atoms with E-state index in [2.05, 4.69) is 22.1 Å². The van der Waals surface area contributed by atoms with Crippen molar-refractivity contribution in [2.75, 3.05) is 13.2 Å². The van der Waals surface area contributed by atoms with Crippen molar-refractivity contribution in [1.82, 2.24) is 9.97 Å². The Morgan fingerprint density at radius 3 is 2.62 bits per heavy atom. The van der Waals surface area contributed by atoms with E-state index in [4.69, 9.17) is 20.6 Å². The van der Waals surface area contributed by atoms with Gasteiger partial charge >= 0.3 is 7.60 Å². The van der Waals surface area contributed by atoms with Crippen molar-refractivity contribution in [2.24, 2.45) is 11.3 Å². The summed E-state index contributed by atoms with van der Waals surface area (Å²) in [7, 11) is -3.41. The van der Waals surface area contributed by atoms with Crippen LogP contribution in [0.15, 0.2) is 42.6 Å². The largest absolute Gasteiger partial charge is 0.362 e. The second kappa shape index (κ2) is 8.61. The first-order valence-electron chi connectivity index (χ1n) is 11.5. The number of hydrogen-bond donors (Lipinski definition) is 1. The van der Waals surface area contributed by atoms with Gasteiger partial charge < -0.3 is 14.0 Å². The number of benzene rings is 1. The minimum Gasteiger partial charge on any atom is -0.343 e. The molecular formula is C25H30ClN2O3P. The molecule has 0 spiro atoms. The molecule has 1 aliphatic heterocycles. The Kier molecular flexibility index (Phi) is 5.96. The van der Waals surface area contributed by atoms with Crippen molar-refractivity contribution in [3.8, 4) is 0 Å². The molecule has 1 aliphatic carbocycles. The number of aromatic amines is 1. The summed E-state index contributed by atoms with van der Waals surface area (Å²) in [6.45, 7) is 4.83. The van der Waals surface area contributed by atoms with E-state index in [0.29, 0.717) is 29.5 Å². The van der Waals surface area contributed by atoms with Crippen LogP contribution in [0.4, 0.5) is 0 Å². The average molecular weight is 473 g/mol. The van der Waals surface area contributed by atoms with Crippen LogP contribution in [0.5, 0.6) is 0 Å². The number of rotatable bonds is 5. The lowest BCUT2D eigenvalue weighted by Crippen LogP contribution is -2.32. The van der Waals surface area contributed by atoms with Crippen LogP contribution < -0.4 is 5.30 Å². The van der Waals surface area contributed by atoms with Crippen LogP contribution >= 0.6 is 19.2 Å². The zero-order valence-corrected chi connectivity index (χ0v) is 20.3. The maximum Gasteiger partial charge on any atom is 0.362 e. The molecule has 2 fully saturated rings. The highest BCUT2D eigenvalue weighted by atomic mass is 35.5. The molecule has 0 bridgehead atoms. The summed E-state index contributed by atoms with van der Waals surface area (Å²) in [6.07, 6.45) is 8.02. The van der Waals surface area contributed by atoms with Crippen LogP contribution in [0, 0.1) is 11.3 Å². The van der Waals surface area contributed by atoms with Gasteiger partial charge in [0.05, 0.1) is 23.5 Å². The highest BCUT2D eigenvalue weighted by molar-refractivity contribution is 7.62. The molecule has 32 heavy (non-hydrogen) atoms. The third-order valence-corrected chi connectivity index (χ3v) is 9.11. The Morgan fingerprint density at radius 1 is 1.19 bits per heavy atom. The second-order valence-corrected chi connectivity index (χ2v) is 12.4. The number of H-pyrrole nitrogens is 1.